The van der Waals surface area contributed by atoms with Gasteiger partial charge in [-0.15, -0.1) is 11.3 Å². The largest absolute Gasteiger partial charge is 0.381 e. The highest BCUT2D eigenvalue weighted by atomic mass is 35.5. The Morgan fingerprint density at radius 1 is 1.03 bits per heavy atom. The predicted octanol–water partition coefficient (Wildman–Crippen LogP) is 5.58. The van der Waals surface area contributed by atoms with Crippen LogP contribution in [-0.2, 0) is 4.74 Å². The third-order valence-corrected chi connectivity index (χ3v) is 8.41. The van der Waals surface area contributed by atoms with Crippen LogP contribution in [0.5, 0.6) is 0 Å². The van der Waals surface area contributed by atoms with Crippen molar-refractivity contribution >= 4 is 39.6 Å². The van der Waals surface area contributed by atoms with Gasteiger partial charge in [-0.1, -0.05) is 35.9 Å². The smallest absolute Gasteiger partial charge is 0.253 e. The van der Waals surface area contributed by atoms with Gasteiger partial charge < -0.3 is 9.64 Å². The maximum absolute atomic E-state index is 13.3. The number of ether oxygens (including phenoxy) is 1. The van der Waals surface area contributed by atoms with Gasteiger partial charge in [0.05, 0.1) is 10.9 Å². The highest BCUT2D eigenvalue weighted by molar-refractivity contribution is 7.19. The number of carbonyl (C=O) groups excluding carboxylic acids is 1. The Kier molecular flexibility index (Phi) is 4.22. The van der Waals surface area contributed by atoms with E-state index in [1.165, 1.54) is 12.0 Å². The molecule has 0 N–H and O–H groups in total. The lowest BCUT2D eigenvalue weighted by Gasteiger charge is -2.20. The summed E-state index contributed by atoms with van der Waals surface area (Å²) in [6.07, 6.45) is 1.23. The molecule has 3 nitrogen and oxygen atoms in total. The van der Waals surface area contributed by atoms with Gasteiger partial charge in [-0.2, -0.15) is 0 Å². The Labute approximate surface area is 179 Å². The third-order valence-electron chi connectivity index (χ3n) is 7.15. The molecule has 3 aromatic rings. The summed E-state index contributed by atoms with van der Waals surface area (Å²) in [5.74, 6) is 2.85. The molecule has 4 atom stereocenters. The first-order valence-corrected chi connectivity index (χ1v) is 11.5. The summed E-state index contributed by atoms with van der Waals surface area (Å²) in [4.78, 5) is 16.5. The van der Waals surface area contributed by atoms with Gasteiger partial charge in [-0.05, 0) is 70.7 Å². The zero-order valence-corrected chi connectivity index (χ0v) is 17.6. The zero-order valence-electron chi connectivity index (χ0n) is 16.0. The molecule has 3 heterocycles. The number of hydrogen-bond acceptors (Lipinski definition) is 3. The van der Waals surface area contributed by atoms with Crippen LogP contribution in [0.15, 0.2) is 48.5 Å². The van der Waals surface area contributed by atoms with E-state index in [1.54, 1.807) is 11.3 Å². The molecule has 3 fully saturated rings. The van der Waals surface area contributed by atoms with Crippen LogP contribution in [0.3, 0.4) is 0 Å². The molecule has 2 saturated heterocycles. The van der Waals surface area contributed by atoms with Crippen molar-refractivity contribution in [3.8, 4) is 10.4 Å². The molecule has 0 spiro atoms. The quantitative estimate of drug-likeness (QED) is 0.538. The van der Waals surface area contributed by atoms with Gasteiger partial charge in [0.2, 0.25) is 0 Å². The molecule has 0 radical (unpaired) electrons. The van der Waals surface area contributed by atoms with Crippen molar-refractivity contribution in [3.63, 3.8) is 0 Å². The van der Waals surface area contributed by atoms with E-state index in [1.807, 2.05) is 18.2 Å². The Hall–Kier alpha value is -1.88. The van der Waals surface area contributed by atoms with Crippen LogP contribution in [0.1, 0.15) is 16.8 Å². The molecule has 6 rings (SSSR count). The lowest BCUT2D eigenvalue weighted by Crippen LogP contribution is -2.31. The molecule has 0 unspecified atom stereocenters. The first-order valence-electron chi connectivity index (χ1n) is 10.3. The van der Waals surface area contributed by atoms with Crippen molar-refractivity contribution in [1.82, 2.24) is 4.90 Å². The number of nitrogens with zero attached hydrogens (tertiary/aromatic N) is 1. The SMILES string of the molecule is O=C(c1ccc2c(-c3ccc(Cl)s3)cccc2c1)N1C[C@@H]2C[C@@H]3COC[C@@H]3[C@@H]2C1. The number of hydrogen-bond donors (Lipinski definition) is 0. The second-order valence-electron chi connectivity index (χ2n) is 8.68. The van der Waals surface area contributed by atoms with Crippen LogP contribution < -0.4 is 0 Å². The number of amides is 1. The van der Waals surface area contributed by atoms with Crippen LogP contribution in [0.25, 0.3) is 21.2 Å². The first-order chi connectivity index (χ1) is 14.2. The highest BCUT2D eigenvalue weighted by Crippen LogP contribution is 2.48. The average molecular weight is 424 g/mol. The van der Waals surface area contributed by atoms with Crippen molar-refractivity contribution < 1.29 is 9.53 Å². The van der Waals surface area contributed by atoms with E-state index in [4.69, 9.17) is 16.3 Å². The van der Waals surface area contributed by atoms with Gasteiger partial charge in [-0.3, -0.25) is 4.79 Å². The van der Waals surface area contributed by atoms with Gasteiger partial charge in [0, 0.05) is 30.1 Å². The van der Waals surface area contributed by atoms with E-state index in [-0.39, 0.29) is 5.91 Å². The van der Waals surface area contributed by atoms with Crippen molar-refractivity contribution in [2.24, 2.45) is 23.7 Å². The van der Waals surface area contributed by atoms with E-state index in [9.17, 15) is 4.79 Å². The van der Waals surface area contributed by atoms with Gasteiger partial charge in [-0.25, -0.2) is 0 Å². The topological polar surface area (TPSA) is 29.5 Å². The predicted molar refractivity (Wildman–Crippen MR) is 118 cm³/mol. The number of benzene rings is 2. The van der Waals surface area contributed by atoms with Crippen LogP contribution in [-0.4, -0.2) is 37.1 Å². The maximum Gasteiger partial charge on any atom is 0.253 e. The van der Waals surface area contributed by atoms with Gasteiger partial charge in [0.15, 0.2) is 0 Å². The van der Waals surface area contributed by atoms with Crippen molar-refractivity contribution in [1.29, 1.82) is 0 Å². The molecule has 1 amide bonds. The standard InChI is InChI=1S/C24H22ClNO2S/c25-23-7-6-22(29-23)19-3-1-2-14-8-15(4-5-18(14)19)24(27)26-10-16-9-17-12-28-13-21(17)20(16)11-26/h1-8,16-17,20-21H,9-13H2/t16-,17+,20+,21-/m0/s1. The van der Waals surface area contributed by atoms with E-state index in [0.29, 0.717) is 17.8 Å². The summed E-state index contributed by atoms with van der Waals surface area (Å²) in [5.41, 5.74) is 1.96. The average Bonchev–Trinajstić information content (AvgIpc) is 3.49. The highest BCUT2D eigenvalue weighted by Gasteiger charge is 2.50. The molecule has 5 heteroatoms. The number of halogens is 1. The molecular weight excluding hydrogens is 402 g/mol. The first kappa shape index (κ1) is 17.9. The molecule has 3 aliphatic rings. The van der Waals surface area contributed by atoms with E-state index in [2.05, 4.69) is 35.2 Å². The summed E-state index contributed by atoms with van der Waals surface area (Å²) in [5, 5.41) is 2.26. The molecule has 29 heavy (non-hydrogen) atoms. The van der Waals surface area contributed by atoms with E-state index < -0.39 is 0 Å². The Morgan fingerprint density at radius 2 is 1.97 bits per heavy atom. The number of carbonyl (C=O) groups is 1. The van der Waals surface area contributed by atoms with Gasteiger partial charge in [0.1, 0.15) is 0 Å². The van der Waals surface area contributed by atoms with Crippen LogP contribution >= 0.6 is 22.9 Å². The number of rotatable bonds is 2. The molecule has 2 aliphatic heterocycles. The lowest BCUT2D eigenvalue weighted by atomic mass is 9.91. The van der Waals surface area contributed by atoms with Gasteiger partial charge in [0.25, 0.3) is 5.91 Å². The molecule has 148 valence electrons. The fourth-order valence-electron chi connectivity index (χ4n) is 5.79. The van der Waals surface area contributed by atoms with Crippen molar-refractivity contribution in [2.75, 3.05) is 26.3 Å². The van der Waals surface area contributed by atoms with Crippen molar-refractivity contribution in [2.45, 2.75) is 6.42 Å². The molecule has 0 bridgehead atoms. The minimum absolute atomic E-state index is 0.168. The summed E-state index contributed by atoms with van der Waals surface area (Å²) < 4.78 is 6.48. The van der Waals surface area contributed by atoms with Crippen molar-refractivity contribution in [3.05, 3.63) is 58.4 Å². The molecule has 1 saturated carbocycles. The summed E-state index contributed by atoms with van der Waals surface area (Å²) in [6.45, 7) is 3.61. The third kappa shape index (κ3) is 2.92. The Bertz CT molecular complexity index is 1110. The zero-order chi connectivity index (χ0) is 19.5. The van der Waals surface area contributed by atoms with Crippen LogP contribution in [0.4, 0.5) is 0 Å². The Balaban J connectivity index is 1.28. The normalized spacial score (nSPS) is 28.1. The van der Waals surface area contributed by atoms with E-state index >= 15 is 0 Å². The minimum Gasteiger partial charge on any atom is -0.381 e. The molecule has 2 aromatic carbocycles. The Morgan fingerprint density at radius 3 is 2.83 bits per heavy atom. The lowest BCUT2D eigenvalue weighted by molar-refractivity contribution is 0.0774. The fourth-order valence-corrected chi connectivity index (χ4v) is 6.87. The van der Waals surface area contributed by atoms with Crippen LogP contribution in [0.2, 0.25) is 4.34 Å². The maximum atomic E-state index is 13.3. The van der Waals surface area contributed by atoms with Crippen LogP contribution in [0, 0.1) is 23.7 Å². The summed E-state index contributed by atoms with van der Waals surface area (Å²) >= 11 is 7.72. The fraction of sp³-hybridized carbons (Fsp3) is 0.375. The molecule has 1 aromatic heterocycles. The van der Waals surface area contributed by atoms with E-state index in [0.717, 1.165) is 57.8 Å². The number of likely N-dealkylation sites (tertiary alicyclic amines) is 1. The summed E-state index contributed by atoms with van der Waals surface area (Å²) in [6, 6.07) is 16.4. The second-order valence-corrected chi connectivity index (χ2v) is 10.4. The minimum atomic E-state index is 0.168. The monoisotopic (exact) mass is 423 g/mol. The molecular formula is C24H22ClNO2S. The summed E-state index contributed by atoms with van der Waals surface area (Å²) in [7, 11) is 0. The molecule has 1 aliphatic carbocycles. The van der Waals surface area contributed by atoms with Gasteiger partial charge >= 0.3 is 0 Å². The number of thiophene rings is 1. The second kappa shape index (κ2) is 6.83. The number of fused-ring (bicyclic) bond motifs is 4.